The normalized spacial score (nSPS) is 17.6. The number of carboxylic acids is 1. The smallest absolute Gasteiger partial charge is 0.326 e. The number of benzene rings is 2. The molecule has 3 rings (SSSR count). The van der Waals surface area contributed by atoms with Gasteiger partial charge in [0.2, 0.25) is 5.91 Å². The van der Waals surface area contributed by atoms with Gasteiger partial charge in [0, 0.05) is 13.0 Å². The van der Waals surface area contributed by atoms with E-state index in [-0.39, 0.29) is 12.3 Å². The zero-order valence-corrected chi connectivity index (χ0v) is 13.2. The number of aliphatic carboxylic acids is 1. The van der Waals surface area contributed by atoms with Gasteiger partial charge in [0.05, 0.1) is 6.04 Å². The minimum absolute atomic E-state index is 0.269. The summed E-state index contributed by atoms with van der Waals surface area (Å²) in [5, 5.41) is 15.2. The van der Waals surface area contributed by atoms with Gasteiger partial charge in [-0.05, 0) is 23.1 Å². The third kappa shape index (κ3) is 3.81. The third-order valence-electron chi connectivity index (χ3n) is 4.30. The number of carbonyl (C=O) groups is 2. The van der Waals surface area contributed by atoms with Crippen LogP contribution in [-0.4, -0.2) is 29.1 Å². The Labute approximate surface area is 140 Å². The highest BCUT2D eigenvalue weighted by Gasteiger charge is 2.28. The zero-order chi connectivity index (χ0) is 16.9. The quantitative estimate of drug-likeness (QED) is 0.779. The van der Waals surface area contributed by atoms with Crippen LogP contribution < -0.4 is 10.6 Å². The van der Waals surface area contributed by atoms with Crippen LogP contribution in [0.3, 0.4) is 0 Å². The van der Waals surface area contributed by atoms with Crippen molar-refractivity contribution in [2.45, 2.75) is 31.5 Å². The highest BCUT2D eigenvalue weighted by Crippen LogP contribution is 2.16. The molecule has 2 aromatic rings. The molecule has 0 aliphatic carbocycles. The maximum absolute atomic E-state index is 12.5. The highest BCUT2D eigenvalue weighted by molar-refractivity contribution is 5.87. The van der Waals surface area contributed by atoms with Crippen molar-refractivity contribution in [2.75, 3.05) is 0 Å². The van der Waals surface area contributed by atoms with E-state index < -0.39 is 18.1 Å². The van der Waals surface area contributed by atoms with Crippen molar-refractivity contribution in [1.82, 2.24) is 10.6 Å². The average molecular weight is 324 g/mol. The molecule has 5 nitrogen and oxygen atoms in total. The monoisotopic (exact) mass is 324 g/mol. The second kappa shape index (κ2) is 7.27. The van der Waals surface area contributed by atoms with Crippen molar-refractivity contribution in [1.29, 1.82) is 0 Å². The Morgan fingerprint density at radius 2 is 1.75 bits per heavy atom. The van der Waals surface area contributed by atoms with Crippen LogP contribution in [0.1, 0.15) is 16.7 Å². The van der Waals surface area contributed by atoms with E-state index in [0.29, 0.717) is 13.0 Å². The Balaban J connectivity index is 1.65. The number of amides is 1. The average Bonchev–Trinajstić information content (AvgIpc) is 2.61. The Kier molecular flexibility index (Phi) is 4.91. The van der Waals surface area contributed by atoms with Crippen LogP contribution in [0.5, 0.6) is 0 Å². The summed E-state index contributed by atoms with van der Waals surface area (Å²) < 4.78 is 0. The lowest BCUT2D eigenvalue weighted by Crippen LogP contribution is -2.52. The van der Waals surface area contributed by atoms with Gasteiger partial charge in [-0.25, -0.2) is 4.79 Å². The SMILES string of the molecule is O=C(O)C(Cc1ccccc1)NC(=O)[C@@H]1Cc2ccccc2CN1. The second-order valence-electron chi connectivity index (χ2n) is 6.00. The molecule has 0 saturated carbocycles. The van der Waals surface area contributed by atoms with Gasteiger partial charge >= 0.3 is 5.97 Å². The van der Waals surface area contributed by atoms with E-state index in [4.69, 9.17) is 0 Å². The molecule has 0 radical (unpaired) electrons. The third-order valence-corrected chi connectivity index (χ3v) is 4.30. The van der Waals surface area contributed by atoms with Crippen LogP contribution in [-0.2, 0) is 29.0 Å². The highest BCUT2D eigenvalue weighted by atomic mass is 16.4. The number of carbonyl (C=O) groups excluding carboxylic acids is 1. The first-order valence-electron chi connectivity index (χ1n) is 8.01. The molecule has 1 aliphatic rings. The number of hydrogen-bond donors (Lipinski definition) is 3. The van der Waals surface area contributed by atoms with Gasteiger partial charge in [0.25, 0.3) is 0 Å². The Morgan fingerprint density at radius 1 is 1.08 bits per heavy atom. The van der Waals surface area contributed by atoms with Crippen molar-refractivity contribution in [2.24, 2.45) is 0 Å². The molecule has 2 atom stereocenters. The summed E-state index contributed by atoms with van der Waals surface area (Å²) in [4.78, 5) is 24.0. The molecule has 1 unspecified atom stereocenters. The fourth-order valence-electron chi connectivity index (χ4n) is 2.96. The van der Waals surface area contributed by atoms with Crippen molar-refractivity contribution in [3.63, 3.8) is 0 Å². The van der Waals surface area contributed by atoms with Crippen LogP contribution in [0.25, 0.3) is 0 Å². The van der Waals surface area contributed by atoms with E-state index in [1.54, 1.807) is 0 Å². The molecule has 1 heterocycles. The molecule has 0 bridgehead atoms. The summed E-state index contributed by atoms with van der Waals surface area (Å²) in [5.74, 6) is -1.30. The van der Waals surface area contributed by atoms with Gasteiger partial charge in [-0.3, -0.25) is 4.79 Å². The van der Waals surface area contributed by atoms with E-state index in [1.165, 1.54) is 5.56 Å². The molecule has 0 saturated heterocycles. The van der Waals surface area contributed by atoms with Crippen LogP contribution in [0.2, 0.25) is 0 Å². The molecule has 1 amide bonds. The summed E-state index contributed by atoms with van der Waals surface area (Å²) in [6, 6.07) is 15.9. The summed E-state index contributed by atoms with van der Waals surface area (Å²) in [6.07, 6.45) is 0.838. The summed E-state index contributed by atoms with van der Waals surface area (Å²) in [5.41, 5.74) is 3.19. The molecule has 1 aliphatic heterocycles. The van der Waals surface area contributed by atoms with Gasteiger partial charge in [0.15, 0.2) is 0 Å². The van der Waals surface area contributed by atoms with E-state index in [0.717, 1.165) is 11.1 Å². The van der Waals surface area contributed by atoms with Gasteiger partial charge in [-0.2, -0.15) is 0 Å². The van der Waals surface area contributed by atoms with Gasteiger partial charge in [-0.15, -0.1) is 0 Å². The lowest BCUT2D eigenvalue weighted by molar-refractivity contribution is -0.142. The fraction of sp³-hybridized carbons (Fsp3) is 0.263. The van der Waals surface area contributed by atoms with E-state index >= 15 is 0 Å². The first-order valence-corrected chi connectivity index (χ1v) is 8.01. The van der Waals surface area contributed by atoms with Gasteiger partial charge < -0.3 is 15.7 Å². The predicted molar refractivity (Wildman–Crippen MR) is 90.5 cm³/mol. The minimum atomic E-state index is -1.02. The molecule has 24 heavy (non-hydrogen) atoms. The molecule has 0 aromatic heterocycles. The summed E-state index contributed by atoms with van der Waals surface area (Å²) in [7, 11) is 0. The molecular formula is C19H20N2O3. The predicted octanol–water partition coefficient (Wildman–Crippen LogP) is 1.51. The number of carboxylic acid groups (broad SMARTS) is 1. The molecule has 5 heteroatoms. The maximum atomic E-state index is 12.5. The number of hydrogen-bond acceptors (Lipinski definition) is 3. The lowest BCUT2D eigenvalue weighted by atomic mass is 9.95. The Bertz CT molecular complexity index is 730. The molecule has 0 spiro atoms. The second-order valence-corrected chi connectivity index (χ2v) is 6.00. The van der Waals surface area contributed by atoms with E-state index in [2.05, 4.69) is 10.6 Å². The Morgan fingerprint density at radius 3 is 2.46 bits per heavy atom. The van der Waals surface area contributed by atoms with E-state index in [9.17, 15) is 14.7 Å². The molecule has 2 aromatic carbocycles. The summed E-state index contributed by atoms with van der Waals surface area (Å²) >= 11 is 0. The van der Waals surface area contributed by atoms with Gasteiger partial charge in [0.1, 0.15) is 6.04 Å². The molecule has 3 N–H and O–H groups in total. The fourth-order valence-corrected chi connectivity index (χ4v) is 2.96. The summed E-state index contributed by atoms with van der Waals surface area (Å²) in [6.45, 7) is 0.616. The maximum Gasteiger partial charge on any atom is 0.326 e. The van der Waals surface area contributed by atoms with Crippen LogP contribution >= 0.6 is 0 Å². The van der Waals surface area contributed by atoms with Crippen molar-refractivity contribution < 1.29 is 14.7 Å². The lowest BCUT2D eigenvalue weighted by Gasteiger charge is -2.26. The number of rotatable bonds is 5. The first kappa shape index (κ1) is 16.2. The van der Waals surface area contributed by atoms with E-state index in [1.807, 2.05) is 54.6 Å². The number of fused-ring (bicyclic) bond motifs is 1. The molecular weight excluding hydrogens is 304 g/mol. The number of nitrogens with one attached hydrogen (secondary N) is 2. The topological polar surface area (TPSA) is 78.4 Å². The van der Waals surface area contributed by atoms with Gasteiger partial charge in [-0.1, -0.05) is 54.6 Å². The van der Waals surface area contributed by atoms with Crippen LogP contribution in [0.4, 0.5) is 0 Å². The van der Waals surface area contributed by atoms with Crippen LogP contribution in [0.15, 0.2) is 54.6 Å². The Hall–Kier alpha value is -2.66. The minimum Gasteiger partial charge on any atom is -0.480 e. The standard InChI is InChI=1S/C19H20N2O3/c22-18(16-11-14-8-4-5-9-15(14)12-20-16)21-17(19(23)24)10-13-6-2-1-3-7-13/h1-9,16-17,20H,10-12H2,(H,21,22)(H,23,24)/t16-,17?/m0/s1. The van der Waals surface area contributed by atoms with Crippen molar-refractivity contribution >= 4 is 11.9 Å². The van der Waals surface area contributed by atoms with Crippen molar-refractivity contribution in [3.05, 3.63) is 71.3 Å². The molecule has 124 valence electrons. The van der Waals surface area contributed by atoms with Crippen LogP contribution in [0, 0.1) is 0 Å². The largest absolute Gasteiger partial charge is 0.480 e. The molecule has 0 fully saturated rings. The first-order chi connectivity index (χ1) is 11.6. The zero-order valence-electron chi connectivity index (χ0n) is 13.2. The van der Waals surface area contributed by atoms with Crippen molar-refractivity contribution in [3.8, 4) is 0 Å².